The highest BCUT2D eigenvalue weighted by Gasteiger charge is 2.21. The van der Waals surface area contributed by atoms with Crippen molar-refractivity contribution in [2.45, 2.75) is 6.92 Å². The number of aromatic nitrogens is 1. The number of nitrogens with zero attached hydrogens (tertiary/aromatic N) is 1. The summed E-state index contributed by atoms with van der Waals surface area (Å²) in [4.78, 5) is 2.49. The van der Waals surface area contributed by atoms with Crippen LogP contribution in [0.3, 0.4) is 0 Å². The molecule has 1 heterocycles. The summed E-state index contributed by atoms with van der Waals surface area (Å²) in [5, 5.41) is 0. The van der Waals surface area contributed by atoms with Gasteiger partial charge in [-0.1, -0.05) is 29.8 Å². The van der Waals surface area contributed by atoms with E-state index in [9.17, 15) is 17.6 Å². The molecule has 0 fully saturated rings. The van der Waals surface area contributed by atoms with Crippen LogP contribution in [-0.4, -0.2) is 4.98 Å². The first-order valence-corrected chi connectivity index (χ1v) is 4.77. The maximum absolute atomic E-state index is 13.4. The molecule has 0 aliphatic rings. The molecular weight excluding hydrogens is 234 g/mol. The standard InChI is InChI=1S/C12H7F4N/c1-6-2-4-7(5-3-6)8-9(13)11(15)17-12(16)10(8)14/h2-5H,1H3. The number of pyridine rings is 1. The van der Waals surface area contributed by atoms with Crippen molar-refractivity contribution in [2.75, 3.05) is 0 Å². The maximum atomic E-state index is 13.4. The Hall–Kier alpha value is -1.91. The van der Waals surface area contributed by atoms with Gasteiger partial charge < -0.3 is 0 Å². The fraction of sp³-hybridized carbons (Fsp3) is 0.0833. The van der Waals surface area contributed by atoms with E-state index in [4.69, 9.17) is 0 Å². The topological polar surface area (TPSA) is 12.9 Å². The van der Waals surface area contributed by atoms with Crippen LogP contribution in [0.15, 0.2) is 24.3 Å². The molecule has 0 unspecified atom stereocenters. The minimum atomic E-state index is -1.65. The van der Waals surface area contributed by atoms with Crippen molar-refractivity contribution >= 4 is 0 Å². The zero-order valence-electron chi connectivity index (χ0n) is 8.77. The van der Waals surface area contributed by atoms with E-state index >= 15 is 0 Å². The van der Waals surface area contributed by atoms with Crippen LogP contribution in [0.2, 0.25) is 0 Å². The van der Waals surface area contributed by atoms with Crippen LogP contribution in [0.25, 0.3) is 11.1 Å². The van der Waals surface area contributed by atoms with Crippen LogP contribution in [0, 0.1) is 30.5 Å². The van der Waals surface area contributed by atoms with Crippen molar-refractivity contribution < 1.29 is 17.6 Å². The molecule has 0 amide bonds. The molecule has 0 saturated heterocycles. The van der Waals surface area contributed by atoms with Crippen LogP contribution in [0.4, 0.5) is 17.6 Å². The molecule has 1 nitrogen and oxygen atoms in total. The first-order valence-electron chi connectivity index (χ1n) is 4.77. The summed E-state index contributed by atoms with van der Waals surface area (Å²) in [6.45, 7) is 1.78. The Balaban J connectivity index is 2.70. The monoisotopic (exact) mass is 241 g/mol. The fourth-order valence-corrected chi connectivity index (χ4v) is 1.46. The van der Waals surface area contributed by atoms with E-state index in [0.29, 0.717) is 0 Å². The van der Waals surface area contributed by atoms with Crippen LogP contribution in [0.1, 0.15) is 5.56 Å². The summed E-state index contributed by atoms with van der Waals surface area (Å²) >= 11 is 0. The molecule has 0 N–H and O–H groups in total. The van der Waals surface area contributed by atoms with Gasteiger partial charge in [0, 0.05) is 0 Å². The lowest BCUT2D eigenvalue weighted by Crippen LogP contribution is -2.02. The molecular formula is C12H7F4N. The molecule has 1 aromatic heterocycles. The van der Waals surface area contributed by atoms with E-state index in [1.807, 2.05) is 0 Å². The molecule has 0 spiro atoms. The number of aryl methyl sites for hydroxylation is 1. The predicted octanol–water partition coefficient (Wildman–Crippen LogP) is 3.61. The highest BCUT2D eigenvalue weighted by molar-refractivity contribution is 5.64. The van der Waals surface area contributed by atoms with E-state index in [-0.39, 0.29) is 5.56 Å². The van der Waals surface area contributed by atoms with E-state index in [1.54, 1.807) is 19.1 Å². The van der Waals surface area contributed by atoms with Gasteiger partial charge in [-0.25, -0.2) is 8.78 Å². The zero-order chi connectivity index (χ0) is 12.6. The summed E-state index contributed by atoms with van der Waals surface area (Å²) in [7, 11) is 0. The van der Waals surface area contributed by atoms with E-state index in [0.717, 1.165) is 5.56 Å². The minimum Gasteiger partial charge on any atom is -0.201 e. The van der Waals surface area contributed by atoms with Crippen LogP contribution in [-0.2, 0) is 0 Å². The Labute approximate surface area is 94.7 Å². The molecule has 0 atom stereocenters. The summed E-state index contributed by atoms with van der Waals surface area (Å²) in [5.41, 5.74) is 0.186. The third-order valence-electron chi connectivity index (χ3n) is 2.34. The van der Waals surface area contributed by atoms with Crippen molar-refractivity contribution in [1.82, 2.24) is 4.98 Å². The lowest BCUT2D eigenvalue weighted by molar-refractivity contribution is 0.410. The van der Waals surface area contributed by atoms with Crippen LogP contribution < -0.4 is 0 Å². The van der Waals surface area contributed by atoms with Crippen LogP contribution in [0.5, 0.6) is 0 Å². The normalized spacial score (nSPS) is 10.6. The molecule has 5 heteroatoms. The predicted molar refractivity (Wildman–Crippen MR) is 54.2 cm³/mol. The molecule has 17 heavy (non-hydrogen) atoms. The highest BCUT2D eigenvalue weighted by atomic mass is 19.2. The summed E-state index contributed by atoms with van der Waals surface area (Å²) in [6, 6.07) is 5.94. The van der Waals surface area contributed by atoms with Crippen molar-refractivity contribution in [2.24, 2.45) is 0 Å². The Kier molecular flexibility index (Phi) is 2.83. The number of halogens is 4. The molecule has 0 aliphatic heterocycles. The smallest absolute Gasteiger partial charge is 0.201 e. The Bertz CT molecular complexity index is 537. The number of benzene rings is 1. The van der Waals surface area contributed by atoms with Gasteiger partial charge >= 0.3 is 0 Å². The largest absolute Gasteiger partial charge is 0.252 e. The molecule has 0 aliphatic carbocycles. The first kappa shape index (κ1) is 11.6. The average Bonchev–Trinajstić information content (AvgIpc) is 2.29. The molecule has 2 rings (SSSR count). The fourth-order valence-electron chi connectivity index (χ4n) is 1.46. The van der Waals surface area contributed by atoms with Gasteiger partial charge in [-0.05, 0) is 12.5 Å². The SMILES string of the molecule is Cc1ccc(-c2c(F)c(F)nc(F)c2F)cc1. The van der Waals surface area contributed by atoms with Crippen molar-refractivity contribution in [3.05, 3.63) is 53.4 Å². The summed E-state index contributed by atoms with van der Waals surface area (Å²) in [6.07, 6.45) is 0. The Morgan fingerprint density at radius 2 is 1.29 bits per heavy atom. The quantitative estimate of drug-likeness (QED) is 0.549. The summed E-state index contributed by atoms with van der Waals surface area (Å²) in [5.74, 6) is -6.29. The second-order valence-corrected chi connectivity index (χ2v) is 3.56. The molecule has 1 aromatic carbocycles. The maximum Gasteiger partial charge on any atom is 0.252 e. The van der Waals surface area contributed by atoms with Gasteiger partial charge in [-0.2, -0.15) is 13.8 Å². The Morgan fingerprint density at radius 3 is 1.76 bits per heavy atom. The van der Waals surface area contributed by atoms with Gasteiger partial charge in [0.1, 0.15) is 0 Å². The van der Waals surface area contributed by atoms with Crippen molar-refractivity contribution in [3.63, 3.8) is 0 Å². The zero-order valence-corrected chi connectivity index (χ0v) is 8.77. The van der Waals surface area contributed by atoms with Gasteiger partial charge in [0.25, 0.3) is 11.9 Å². The van der Waals surface area contributed by atoms with Gasteiger partial charge in [0.15, 0.2) is 11.6 Å². The number of hydrogen-bond donors (Lipinski definition) is 0. The van der Waals surface area contributed by atoms with Gasteiger partial charge in [-0.3, -0.25) is 0 Å². The molecule has 0 saturated carbocycles. The van der Waals surface area contributed by atoms with E-state index < -0.39 is 29.1 Å². The lowest BCUT2D eigenvalue weighted by atomic mass is 10.0. The van der Waals surface area contributed by atoms with Crippen molar-refractivity contribution in [1.29, 1.82) is 0 Å². The first-order chi connectivity index (χ1) is 8.00. The van der Waals surface area contributed by atoms with Crippen molar-refractivity contribution in [3.8, 4) is 11.1 Å². The second-order valence-electron chi connectivity index (χ2n) is 3.56. The highest BCUT2D eigenvalue weighted by Crippen LogP contribution is 2.28. The van der Waals surface area contributed by atoms with Gasteiger partial charge in [0.05, 0.1) is 5.56 Å². The van der Waals surface area contributed by atoms with E-state index in [2.05, 4.69) is 4.98 Å². The third-order valence-corrected chi connectivity index (χ3v) is 2.34. The molecule has 88 valence electrons. The average molecular weight is 241 g/mol. The number of hydrogen-bond acceptors (Lipinski definition) is 1. The van der Waals surface area contributed by atoms with Crippen LogP contribution >= 0.6 is 0 Å². The third kappa shape index (κ3) is 2.00. The van der Waals surface area contributed by atoms with Gasteiger partial charge in [0.2, 0.25) is 0 Å². The van der Waals surface area contributed by atoms with E-state index in [1.165, 1.54) is 12.1 Å². The molecule has 2 aromatic rings. The Morgan fingerprint density at radius 1 is 0.824 bits per heavy atom. The van der Waals surface area contributed by atoms with Gasteiger partial charge in [-0.15, -0.1) is 0 Å². The lowest BCUT2D eigenvalue weighted by Gasteiger charge is -2.06. The minimum absolute atomic E-state index is 0.0609. The molecule has 0 radical (unpaired) electrons. The number of rotatable bonds is 1. The molecule has 0 bridgehead atoms. The second kappa shape index (κ2) is 4.16. The summed E-state index contributed by atoms with van der Waals surface area (Å²) < 4.78 is 52.6.